The largest absolute Gasteiger partial charge is 0.387 e. The minimum Gasteiger partial charge on any atom is -0.387 e. The van der Waals surface area contributed by atoms with E-state index in [1.807, 2.05) is 0 Å². The summed E-state index contributed by atoms with van der Waals surface area (Å²) in [6.07, 6.45) is 63.7. The molecule has 5 nitrogen and oxygen atoms in total. The number of allylic oxidation sites excluding steroid dienone is 4. The van der Waals surface area contributed by atoms with Crippen LogP contribution in [0, 0.1) is 5.92 Å². The number of nitrogens with zero attached hydrogens (tertiary/aromatic N) is 2. The van der Waals surface area contributed by atoms with E-state index in [0.717, 1.165) is 19.6 Å². The lowest BCUT2D eigenvalue weighted by molar-refractivity contribution is 0.154. The summed E-state index contributed by atoms with van der Waals surface area (Å²) in [5.74, 6) is 0.499. The highest BCUT2D eigenvalue weighted by Crippen LogP contribution is 2.34. The number of hydrogen-bond donors (Lipinski definition) is 3. The molecule has 0 amide bonds. The molecule has 2 unspecified atom stereocenters. The third-order valence-corrected chi connectivity index (χ3v) is 13.5. The Morgan fingerprint density at radius 2 is 0.712 bits per heavy atom. The first-order valence-electron chi connectivity index (χ1n) is 26.5. The van der Waals surface area contributed by atoms with Crippen LogP contribution in [0.4, 0.5) is 0 Å². The molecule has 0 aromatic carbocycles. The average Bonchev–Trinajstić information content (AvgIpc) is 3.24. The van der Waals surface area contributed by atoms with Crippen molar-refractivity contribution in [3.8, 4) is 0 Å². The molecule has 4 N–H and O–H groups in total. The van der Waals surface area contributed by atoms with Gasteiger partial charge in [0, 0.05) is 44.5 Å². The smallest absolute Gasteiger partial charge is 0.0731 e. The first-order chi connectivity index (χ1) is 29.1. The summed E-state index contributed by atoms with van der Waals surface area (Å²) in [6.45, 7) is 7.65. The van der Waals surface area contributed by atoms with Crippen LogP contribution in [-0.2, 0) is 0 Å². The second kappa shape index (κ2) is 39.0. The summed E-state index contributed by atoms with van der Waals surface area (Å²) in [4.78, 5) is 5.05. The van der Waals surface area contributed by atoms with Crippen molar-refractivity contribution in [2.75, 3.05) is 33.7 Å². The van der Waals surface area contributed by atoms with Gasteiger partial charge in [-0.25, -0.2) is 0 Å². The van der Waals surface area contributed by atoms with Crippen molar-refractivity contribution >= 4 is 0 Å². The molecule has 0 radical (unpaired) electrons. The van der Waals surface area contributed by atoms with Crippen LogP contribution < -0.4 is 16.4 Å². The van der Waals surface area contributed by atoms with E-state index < -0.39 is 0 Å². The van der Waals surface area contributed by atoms with Crippen LogP contribution in [-0.4, -0.2) is 55.6 Å². The van der Waals surface area contributed by atoms with Crippen LogP contribution >= 0.6 is 0 Å². The normalized spacial score (nSPS) is 17.1. The van der Waals surface area contributed by atoms with E-state index in [1.165, 1.54) is 243 Å². The fourth-order valence-electron chi connectivity index (χ4n) is 9.78. The second-order valence-electron chi connectivity index (χ2n) is 18.9. The zero-order chi connectivity index (χ0) is 42.3. The molecule has 0 aliphatic carbocycles. The Labute approximate surface area is 369 Å². The lowest BCUT2D eigenvalue weighted by Gasteiger charge is -2.45. The van der Waals surface area contributed by atoms with Gasteiger partial charge in [0.25, 0.3) is 0 Å². The summed E-state index contributed by atoms with van der Waals surface area (Å²) in [5.41, 5.74) is 8.49. The fourth-order valence-corrected chi connectivity index (χ4v) is 9.78. The average molecular weight is 822 g/mol. The van der Waals surface area contributed by atoms with Gasteiger partial charge in [0.1, 0.15) is 0 Å². The number of nitrogens with one attached hydrogen (secondary N) is 2. The minimum atomic E-state index is 0.357. The predicted molar refractivity (Wildman–Crippen MR) is 264 cm³/mol. The maximum absolute atomic E-state index is 5.63. The van der Waals surface area contributed by atoms with Crippen LogP contribution in [0.3, 0.4) is 0 Å². The zero-order valence-electron chi connectivity index (χ0n) is 40.2. The van der Waals surface area contributed by atoms with Gasteiger partial charge in [0.2, 0.25) is 0 Å². The topological polar surface area (TPSA) is 56.6 Å². The number of rotatable bonds is 43. The molecule has 2 heterocycles. The molecule has 59 heavy (non-hydrogen) atoms. The predicted octanol–water partition coefficient (Wildman–Crippen LogP) is 15.2. The van der Waals surface area contributed by atoms with Gasteiger partial charge in [-0.3, -0.25) is 0 Å². The molecule has 0 saturated heterocycles. The molecule has 0 saturated carbocycles. The molecule has 5 heteroatoms. The highest BCUT2D eigenvalue weighted by atomic mass is 15.2. The van der Waals surface area contributed by atoms with Crippen LogP contribution in [0.1, 0.15) is 245 Å². The number of nitrogens with two attached hydrogens (primary N) is 1. The molecular weight excluding hydrogens is 719 g/mol. The Bertz CT molecular complexity index is 983. The Hall–Kier alpha value is -1.88. The van der Waals surface area contributed by atoms with E-state index in [9.17, 15) is 0 Å². The third kappa shape index (κ3) is 26.9. The molecule has 2 atom stereocenters. The van der Waals surface area contributed by atoms with Crippen molar-refractivity contribution < 1.29 is 0 Å². The Morgan fingerprint density at radius 3 is 1.03 bits per heavy atom. The lowest BCUT2D eigenvalue weighted by atomic mass is 9.80. The van der Waals surface area contributed by atoms with Gasteiger partial charge >= 0.3 is 0 Å². The van der Waals surface area contributed by atoms with E-state index in [1.54, 1.807) is 0 Å². The highest BCUT2D eigenvalue weighted by Gasteiger charge is 2.38. The SMILES string of the molecule is CCCCCCCCCCCCNC1=CC=CN(C)C1C(CCCCCCCCCCCCCCCCCN)C1C(NCCCCCCCCCCCC)=CC=CN1C. The number of likely N-dealkylation sites (N-methyl/N-ethyl adjacent to an activating group) is 2. The van der Waals surface area contributed by atoms with Gasteiger partial charge in [0.05, 0.1) is 12.1 Å². The van der Waals surface area contributed by atoms with Gasteiger partial charge in [-0.2, -0.15) is 0 Å². The summed E-state index contributed by atoms with van der Waals surface area (Å²) >= 11 is 0. The van der Waals surface area contributed by atoms with Crippen molar-refractivity contribution in [3.63, 3.8) is 0 Å². The molecular formula is C54H103N5. The Balaban J connectivity index is 1.89. The highest BCUT2D eigenvalue weighted by molar-refractivity contribution is 5.29. The van der Waals surface area contributed by atoms with E-state index in [2.05, 4.69) is 85.1 Å². The molecule has 0 aromatic heterocycles. The molecule has 344 valence electrons. The molecule has 0 bridgehead atoms. The first kappa shape index (κ1) is 53.3. The van der Waals surface area contributed by atoms with Crippen LogP contribution in [0.25, 0.3) is 0 Å². The van der Waals surface area contributed by atoms with Gasteiger partial charge in [0.15, 0.2) is 0 Å². The summed E-state index contributed by atoms with van der Waals surface area (Å²) in [7, 11) is 4.65. The minimum absolute atomic E-state index is 0.357. The standard InChI is InChI=1S/C54H103N5/c1-5-7-9-11-13-15-26-30-34-38-46-56-51-43-40-48-58(3)53(51)50(42-36-32-28-24-22-20-18-17-19-21-23-25-29-33-37-45-55)54-52(44-41-49-59(54)4)57-47-39-35-31-27-16-14-12-10-8-6-2/h40-41,43-44,48-50,53-54,56-57H,5-39,42,45-47,55H2,1-4H3. The quantitative estimate of drug-likeness (QED) is 0.0535. The van der Waals surface area contributed by atoms with Gasteiger partial charge in [-0.15, -0.1) is 0 Å². The molecule has 0 spiro atoms. The van der Waals surface area contributed by atoms with Crippen LogP contribution in [0.5, 0.6) is 0 Å². The number of unbranched alkanes of at least 4 members (excludes halogenated alkanes) is 32. The third-order valence-electron chi connectivity index (χ3n) is 13.5. The molecule has 2 rings (SSSR count). The molecule has 2 aliphatic rings. The van der Waals surface area contributed by atoms with Gasteiger partial charge in [-0.1, -0.05) is 219 Å². The van der Waals surface area contributed by atoms with Crippen molar-refractivity contribution in [1.82, 2.24) is 20.4 Å². The summed E-state index contributed by atoms with van der Waals surface area (Å²) in [6, 6.07) is 0.714. The van der Waals surface area contributed by atoms with Gasteiger partial charge < -0.3 is 26.2 Å². The molecule has 2 aliphatic heterocycles. The van der Waals surface area contributed by atoms with E-state index in [0.29, 0.717) is 18.0 Å². The Kier molecular flexibility index (Phi) is 35.2. The summed E-state index contributed by atoms with van der Waals surface area (Å²) in [5, 5.41) is 8.02. The zero-order valence-corrected chi connectivity index (χ0v) is 40.2. The lowest BCUT2D eigenvalue weighted by Crippen LogP contribution is -2.52. The van der Waals surface area contributed by atoms with E-state index in [-0.39, 0.29) is 0 Å². The fraction of sp³-hybridized carbons (Fsp3) is 0.852. The van der Waals surface area contributed by atoms with Crippen molar-refractivity contribution in [2.24, 2.45) is 11.7 Å². The monoisotopic (exact) mass is 822 g/mol. The molecule has 0 aromatic rings. The number of hydrogen-bond acceptors (Lipinski definition) is 5. The maximum atomic E-state index is 5.63. The van der Waals surface area contributed by atoms with Crippen LogP contribution in [0.15, 0.2) is 48.1 Å². The Morgan fingerprint density at radius 1 is 0.424 bits per heavy atom. The first-order valence-corrected chi connectivity index (χ1v) is 26.5. The van der Waals surface area contributed by atoms with Crippen molar-refractivity contribution in [3.05, 3.63) is 48.1 Å². The van der Waals surface area contributed by atoms with E-state index in [4.69, 9.17) is 5.73 Å². The van der Waals surface area contributed by atoms with Crippen LogP contribution in [0.2, 0.25) is 0 Å². The van der Waals surface area contributed by atoms with E-state index >= 15 is 0 Å². The van der Waals surface area contributed by atoms with Gasteiger partial charge in [-0.05, 0) is 68.9 Å². The molecule has 0 fully saturated rings. The summed E-state index contributed by atoms with van der Waals surface area (Å²) < 4.78 is 0. The second-order valence-corrected chi connectivity index (χ2v) is 18.9. The van der Waals surface area contributed by atoms with Crippen molar-refractivity contribution in [1.29, 1.82) is 0 Å². The van der Waals surface area contributed by atoms with Crippen molar-refractivity contribution in [2.45, 2.75) is 257 Å². The maximum Gasteiger partial charge on any atom is 0.0731 e.